The molecule has 1 unspecified atom stereocenters. The highest BCUT2D eigenvalue weighted by atomic mass is 35.5. The lowest BCUT2D eigenvalue weighted by atomic mass is 9.86. The van der Waals surface area contributed by atoms with E-state index in [0.29, 0.717) is 36.3 Å². The maximum atomic E-state index is 12.2. The van der Waals surface area contributed by atoms with E-state index in [1.54, 1.807) is 6.20 Å². The molecule has 1 aromatic heterocycles. The van der Waals surface area contributed by atoms with E-state index in [0.717, 1.165) is 29.3 Å². The Hall–Kier alpha value is -1.63. The molecular formula is C18H20ClN3O3. The van der Waals surface area contributed by atoms with Gasteiger partial charge in [-0.2, -0.15) is 5.10 Å². The summed E-state index contributed by atoms with van der Waals surface area (Å²) in [6.45, 7) is 0.671. The number of hydrogen-bond acceptors (Lipinski definition) is 4. The second kappa shape index (κ2) is 5.43. The smallest absolute Gasteiger partial charge is 0.249 e. The number of ether oxygens (including phenoxy) is 1. The lowest BCUT2D eigenvalue weighted by molar-refractivity contribution is -0.130. The van der Waals surface area contributed by atoms with Crippen molar-refractivity contribution in [1.82, 2.24) is 15.5 Å². The monoisotopic (exact) mass is 361 g/mol. The molecule has 1 aromatic carbocycles. The molecule has 5 rings (SSSR count). The van der Waals surface area contributed by atoms with Crippen LogP contribution < -0.4 is 5.32 Å². The van der Waals surface area contributed by atoms with Crippen molar-refractivity contribution in [2.75, 3.05) is 6.61 Å². The van der Waals surface area contributed by atoms with E-state index in [2.05, 4.69) is 15.5 Å². The number of hydrogen-bond donors (Lipinski definition) is 3. The van der Waals surface area contributed by atoms with E-state index < -0.39 is 5.60 Å². The summed E-state index contributed by atoms with van der Waals surface area (Å²) >= 11 is 6.21. The normalized spacial score (nSPS) is 36.6. The summed E-state index contributed by atoms with van der Waals surface area (Å²) in [5.41, 5.74) is 0.757. The number of halogens is 1. The zero-order valence-corrected chi connectivity index (χ0v) is 14.4. The zero-order valence-electron chi connectivity index (χ0n) is 13.7. The van der Waals surface area contributed by atoms with Crippen LogP contribution in [0.4, 0.5) is 0 Å². The Balaban J connectivity index is 1.32. The fourth-order valence-electron chi connectivity index (χ4n) is 4.74. The van der Waals surface area contributed by atoms with Crippen molar-refractivity contribution in [3.8, 4) is 0 Å². The predicted octanol–water partition coefficient (Wildman–Crippen LogP) is 2.11. The Morgan fingerprint density at radius 3 is 2.92 bits per heavy atom. The van der Waals surface area contributed by atoms with Gasteiger partial charge in [-0.3, -0.25) is 9.89 Å². The lowest BCUT2D eigenvalue weighted by Gasteiger charge is -2.27. The summed E-state index contributed by atoms with van der Waals surface area (Å²) in [5.74, 6) is 0.632. The minimum absolute atomic E-state index is 0.000389. The predicted molar refractivity (Wildman–Crippen MR) is 92.1 cm³/mol. The average molecular weight is 362 g/mol. The Labute approximate surface area is 149 Å². The van der Waals surface area contributed by atoms with E-state index in [-0.39, 0.29) is 18.1 Å². The summed E-state index contributed by atoms with van der Waals surface area (Å²) < 4.78 is 5.44. The highest BCUT2D eigenvalue weighted by Gasteiger charge is 2.62. The number of benzene rings is 1. The molecule has 0 radical (unpaired) electrons. The third kappa shape index (κ3) is 2.46. The van der Waals surface area contributed by atoms with Gasteiger partial charge in [0.25, 0.3) is 0 Å². The largest absolute Gasteiger partial charge is 0.385 e. The van der Waals surface area contributed by atoms with Crippen LogP contribution in [0.5, 0.6) is 0 Å². The van der Waals surface area contributed by atoms with Crippen molar-refractivity contribution in [3.05, 3.63) is 28.9 Å². The standard InChI is InChI=1S/C18H20ClN3O3/c19-9-4-13(12-8-20-22-14(12)5-9)18(24)6-10-11(7-18)16(10)21-17(23)15-2-1-3-25-15/h4-5,8,10-11,15-16,24H,1-3,6-7H2,(H,20,22)(H,21,23)/t10-,11+,15?,16+,18+. The Bertz CT molecular complexity index is 833. The summed E-state index contributed by atoms with van der Waals surface area (Å²) in [6.07, 6.45) is 4.46. The number of rotatable bonds is 3. The second-order valence-corrected chi connectivity index (χ2v) is 8.02. The molecule has 2 heterocycles. The molecule has 132 valence electrons. The maximum Gasteiger partial charge on any atom is 0.249 e. The van der Waals surface area contributed by atoms with Gasteiger partial charge in [-0.25, -0.2) is 0 Å². The number of H-pyrrole nitrogens is 1. The third-order valence-electron chi connectivity index (χ3n) is 6.03. The van der Waals surface area contributed by atoms with Crippen LogP contribution in [0.3, 0.4) is 0 Å². The van der Waals surface area contributed by atoms with Crippen molar-refractivity contribution < 1.29 is 14.6 Å². The van der Waals surface area contributed by atoms with E-state index in [4.69, 9.17) is 16.3 Å². The van der Waals surface area contributed by atoms with Crippen LogP contribution in [-0.4, -0.2) is 40.0 Å². The van der Waals surface area contributed by atoms with Gasteiger partial charge < -0.3 is 15.2 Å². The van der Waals surface area contributed by atoms with E-state index in [1.165, 1.54) is 0 Å². The molecular weight excluding hydrogens is 342 g/mol. The molecule has 2 aliphatic carbocycles. The highest BCUT2D eigenvalue weighted by molar-refractivity contribution is 6.31. The number of aromatic amines is 1. The fraction of sp³-hybridized carbons (Fsp3) is 0.556. The number of carbonyl (C=O) groups excluding carboxylic acids is 1. The van der Waals surface area contributed by atoms with Crippen LogP contribution in [0, 0.1) is 11.8 Å². The molecule has 7 heteroatoms. The topological polar surface area (TPSA) is 87.2 Å². The first-order valence-electron chi connectivity index (χ1n) is 8.83. The molecule has 2 aromatic rings. The molecule has 0 bridgehead atoms. The van der Waals surface area contributed by atoms with Crippen LogP contribution in [0.25, 0.3) is 10.9 Å². The minimum atomic E-state index is -0.909. The molecule has 5 atom stereocenters. The molecule has 1 aliphatic heterocycles. The number of aromatic nitrogens is 2. The SMILES string of the molecule is O=C(N[C@H]1[C@@H]2C[C@@](O)(c3cc(Cl)cc4[nH]ncc34)C[C@@H]21)C1CCCO1. The van der Waals surface area contributed by atoms with Crippen LogP contribution in [-0.2, 0) is 15.1 Å². The number of nitrogens with zero attached hydrogens (tertiary/aromatic N) is 1. The van der Waals surface area contributed by atoms with Gasteiger partial charge in [0.05, 0.1) is 17.3 Å². The number of aliphatic hydroxyl groups is 1. The van der Waals surface area contributed by atoms with Crippen LogP contribution in [0.2, 0.25) is 5.02 Å². The highest BCUT2D eigenvalue weighted by Crippen LogP contribution is 2.60. The molecule has 0 spiro atoms. The summed E-state index contributed by atoms with van der Waals surface area (Å²) in [5, 5.41) is 22.8. The quantitative estimate of drug-likeness (QED) is 0.781. The van der Waals surface area contributed by atoms with Crippen molar-refractivity contribution in [1.29, 1.82) is 0 Å². The molecule has 1 amide bonds. The fourth-order valence-corrected chi connectivity index (χ4v) is 4.96. The van der Waals surface area contributed by atoms with Crippen molar-refractivity contribution in [2.45, 2.75) is 43.4 Å². The van der Waals surface area contributed by atoms with Crippen molar-refractivity contribution in [2.24, 2.45) is 11.8 Å². The third-order valence-corrected chi connectivity index (χ3v) is 6.25. The van der Waals surface area contributed by atoms with Crippen LogP contribution >= 0.6 is 11.6 Å². The molecule has 6 nitrogen and oxygen atoms in total. The number of fused-ring (bicyclic) bond motifs is 2. The first kappa shape index (κ1) is 15.6. The minimum Gasteiger partial charge on any atom is -0.385 e. The number of nitrogens with one attached hydrogen (secondary N) is 2. The van der Waals surface area contributed by atoms with Crippen molar-refractivity contribution in [3.63, 3.8) is 0 Å². The first-order chi connectivity index (χ1) is 12.0. The van der Waals surface area contributed by atoms with Gasteiger partial charge in [0.1, 0.15) is 6.10 Å². The molecule has 2 saturated carbocycles. The van der Waals surface area contributed by atoms with E-state index >= 15 is 0 Å². The zero-order chi connectivity index (χ0) is 17.2. The number of carbonyl (C=O) groups is 1. The van der Waals surface area contributed by atoms with Gasteiger partial charge in [-0.15, -0.1) is 0 Å². The lowest BCUT2D eigenvalue weighted by Crippen LogP contribution is -2.39. The first-order valence-corrected chi connectivity index (χ1v) is 9.20. The van der Waals surface area contributed by atoms with Gasteiger partial charge in [0, 0.05) is 23.1 Å². The molecule has 3 fully saturated rings. The Morgan fingerprint density at radius 2 is 2.20 bits per heavy atom. The van der Waals surface area contributed by atoms with Gasteiger partial charge in [0.2, 0.25) is 5.91 Å². The summed E-state index contributed by atoms with van der Waals surface area (Å²) in [6, 6.07) is 3.82. The maximum absolute atomic E-state index is 12.2. The van der Waals surface area contributed by atoms with Gasteiger partial charge in [-0.1, -0.05) is 11.6 Å². The number of amides is 1. The van der Waals surface area contributed by atoms with Gasteiger partial charge in [0.15, 0.2) is 0 Å². The molecule has 3 N–H and O–H groups in total. The van der Waals surface area contributed by atoms with E-state index in [9.17, 15) is 9.90 Å². The van der Waals surface area contributed by atoms with Crippen LogP contribution in [0.1, 0.15) is 31.2 Å². The Morgan fingerprint density at radius 1 is 1.40 bits per heavy atom. The Kier molecular flexibility index (Phi) is 3.39. The summed E-state index contributed by atoms with van der Waals surface area (Å²) in [4.78, 5) is 12.2. The summed E-state index contributed by atoms with van der Waals surface area (Å²) in [7, 11) is 0. The van der Waals surface area contributed by atoms with Crippen molar-refractivity contribution >= 4 is 28.4 Å². The molecule has 25 heavy (non-hydrogen) atoms. The average Bonchev–Trinajstić information content (AvgIpc) is 3.12. The molecule has 3 aliphatic rings. The van der Waals surface area contributed by atoms with E-state index in [1.807, 2.05) is 12.1 Å². The molecule has 1 saturated heterocycles. The van der Waals surface area contributed by atoms with Gasteiger partial charge >= 0.3 is 0 Å². The van der Waals surface area contributed by atoms with Crippen LogP contribution in [0.15, 0.2) is 18.3 Å². The second-order valence-electron chi connectivity index (χ2n) is 7.59. The van der Waals surface area contributed by atoms with Gasteiger partial charge in [-0.05, 0) is 55.2 Å².